The van der Waals surface area contributed by atoms with Crippen LogP contribution in [-0.2, 0) is 6.54 Å². The summed E-state index contributed by atoms with van der Waals surface area (Å²) < 4.78 is 1.64. The third kappa shape index (κ3) is 3.73. The molecule has 2 amide bonds. The maximum atomic E-state index is 12.8. The van der Waals surface area contributed by atoms with Crippen molar-refractivity contribution in [3.8, 4) is 0 Å². The molecule has 0 radical (unpaired) electrons. The van der Waals surface area contributed by atoms with E-state index in [0.29, 0.717) is 10.5 Å². The van der Waals surface area contributed by atoms with Crippen LogP contribution in [-0.4, -0.2) is 27.2 Å². The molecule has 0 atom stereocenters. The van der Waals surface area contributed by atoms with Crippen LogP contribution in [0.1, 0.15) is 52.4 Å². The number of amides is 2. The molecular weight excluding hydrogens is 376 g/mol. The lowest BCUT2D eigenvalue weighted by Gasteiger charge is -2.10. The molecule has 0 bridgehead atoms. The first-order valence-corrected chi connectivity index (χ1v) is 9.81. The number of aromatic nitrogens is 2. The van der Waals surface area contributed by atoms with Gasteiger partial charge in [0.1, 0.15) is 0 Å². The van der Waals surface area contributed by atoms with Gasteiger partial charge in [0.15, 0.2) is 5.69 Å². The van der Waals surface area contributed by atoms with E-state index in [-0.39, 0.29) is 35.9 Å². The molecule has 1 aliphatic carbocycles. The van der Waals surface area contributed by atoms with Gasteiger partial charge in [0.2, 0.25) is 5.82 Å². The van der Waals surface area contributed by atoms with E-state index in [1.54, 1.807) is 28.8 Å². The van der Waals surface area contributed by atoms with Crippen LogP contribution in [0.15, 0.2) is 48.7 Å². The number of nitrogens with zero attached hydrogens (tertiary/aromatic N) is 2. The minimum absolute atomic E-state index is 0.180. The Labute approximate surface area is 167 Å². The lowest BCUT2D eigenvalue weighted by atomic mass is 10.2. The highest BCUT2D eigenvalue weighted by Crippen LogP contribution is 2.20. The topological polar surface area (TPSA) is 75.5 Å². The molecule has 0 saturated heterocycles. The zero-order chi connectivity index (χ0) is 19.5. The summed E-state index contributed by atoms with van der Waals surface area (Å²) in [6.45, 7) is 0.282. The van der Waals surface area contributed by atoms with Gasteiger partial charge < -0.3 is 10.6 Å². The van der Waals surface area contributed by atoms with Crippen molar-refractivity contribution in [2.45, 2.75) is 38.3 Å². The second-order valence-electron chi connectivity index (χ2n) is 6.97. The van der Waals surface area contributed by atoms with Crippen molar-refractivity contribution in [1.29, 1.82) is 0 Å². The number of hydrogen-bond acceptors (Lipinski definition) is 3. The number of carbonyl (C=O) groups is 2. The van der Waals surface area contributed by atoms with E-state index in [0.717, 1.165) is 31.2 Å². The molecule has 28 heavy (non-hydrogen) atoms. The maximum Gasteiger partial charge on any atom is 0.287 e. The van der Waals surface area contributed by atoms with E-state index in [1.807, 2.05) is 24.3 Å². The van der Waals surface area contributed by atoms with Crippen LogP contribution in [0.4, 0.5) is 0 Å². The van der Waals surface area contributed by atoms with Crippen molar-refractivity contribution in [2.24, 2.45) is 0 Å². The highest BCUT2D eigenvalue weighted by Gasteiger charge is 2.24. The first-order chi connectivity index (χ1) is 13.6. The minimum atomic E-state index is -0.360. The molecule has 0 aliphatic heterocycles. The molecule has 0 spiro atoms. The van der Waals surface area contributed by atoms with Crippen LogP contribution in [0.3, 0.4) is 0 Å². The van der Waals surface area contributed by atoms with E-state index >= 15 is 0 Å². The summed E-state index contributed by atoms with van der Waals surface area (Å²) in [7, 11) is 0. The summed E-state index contributed by atoms with van der Waals surface area (Å²) in [5, 5.41) is 6.47. The van der Waals surface area contributed by atoms with E-state index in [1.165, 1.54) is 0 Å². The SMILES string of the molecule is O=C(NC1CCCC1)c1nc(C(=O)NCc2ccccc2Cl)n2ccccc12. The molecule has 2 aromatic heterocycles. The molecule has 3 aromatic rings. The number of pyridine rings is 1. The van der Waals surface area contributed by atoms with Gasteiger partial charge in [-0.25, -0.2) is 4.98 Å². The lowest BCUT2D eigenvalue weighted by molar-refractivity contribution is 0.0935. The van der Waals surface area contributed by atoms with Crippen molar-refractivity contribution >= 4 is 28.9 Å². The first-order valence-electron chi connectivity index (χ1n) is 9.43. The van der Waals surface area contributed by atoms with E-state index < -0.39 is 0 Å². The maximum absolute atomic E-state index is 12.8. The van der Waals surface area contributed by atoms with E-state index in [9.17, 15) is 9.59 Å². The van der Waals surface area contributed by atoms with E-state index in [2.05, 4.69) is 15.6 Å². The number of benzene rings is 1. The van der Waals surface area contributed by atoms with Gasteiger partial charge in [-0.2, -0.15) is 0 Å². The monoisotopic (exact) mass is 396 g/mol. The Morgan fingerprint density at radius 3 is 2.61 bits per heavy atom. The second kappa shape index (κ2) is 8.02. The molecule has 1 saturated carbocycles. The second-order valence-corrected chi connectivity index (χ2v) is 7.38. The highest BCUT2D eigenvalue weighted by molar-refractivity contribution is 6.31. The quantitative estimate of drug-likeness (QED) is 0.692. The Bertz CT molecular complexity index is 1020. The largest absolute Gasteiger partial charge is 0.348 e. The third-order valence-corrected chi connectivity index (χ3v) is 5.42. The zero-order valence-electron chi connectivity index (χ0n) is 15.3. The van der Waals surface area contributed by atoms with Crippen LogP contribution in [0.2, 0.25) is 5.02 Å². The van der Waals surface area contributed by atoms with Crippen LogP contribution >= 0.6 is 11.6 Å². The van der Waals surface area contributed by atoms with Crippen LogP contribution in [0.25, 0.3) is 5.52 Å². The fourth-order valence-electron chi connectivity index (χ4n) is 3.59. The summed E-state index contributed by atoms with van der Waals surface area (Å²) >= 11 is 6.15. The summed E-state index contributed by atoms with van der Waals surface area (Å²) in [5.74, 6) is -0.416. The molecule has 1 fully saturated rings. The summed E-state index contributed by atoms with van der Waals surface area (Å²) in [5.41, 5.74) is 1.70. The summed E-state index contributed by atoms with van der Waals surface area (Å²) in [4.78, 5) is 29.9. The Hall–Kier alpha value is -2.86. The molecule has 1 aromatic carbocycles. The van der Waals surface area contributed by atoms with Gasteiger partial charge in [0.25, 0.3) is 11.8 Å². The van der Waals surface area contributed by atoms with Gasteiger partial charge in [0.05, 0.1) is 5.52 Å². The molecule has 4 rings (SSSR count). The number of nitrogens with one attached hydrogen (secondary N) is 2. The molecule has 6 nitrogen and oxygen atoms in total. The predicted octanol–water partition coefficient (Wildman–Crippen LogP) is 3.59. The average molecular weight is 397 g/mol. The minimum Gasteiger partial charge on any atom is -0.348 e. The molecule has 7 heteroatoms. The average Bonchev–Trinajstić information content (AvgIpc) is 3.35. The van der Waals surface area contributed by atoms with Gasteiger partial charge in [-0.3, -0.25) is 14.0 Å². The molecule has 0 unspecified atom stereocenters. The molecule has 1 aliphatic rings. The van der Waals surface area contributed by atoms with E-state index in [4.69, 9.17) is 11.6 Å². The normalized spacial score (nSPS) is 14.3. The van der Waals surface area contributed by atoms with Gasteiger partial charge in [-0.15, -0.1) is 0 Å². The standard InChI is InChI=1S/C21H21ClN4O2/c22-16-10-4-1-7-14(16)13-23-21(28)19-25-18(17-11-5-6-12-26(17)19)20(27)24-15-8-2-3-9-15/h1,4-7,10-12,15H,2-3,8-9,13H2,(H,23,28)(H,24,27). The first kappa shape index (κ1) is 18.5. The fourth-order valence-corrected chi connectivity index (χ4v) is 3.79. The lowest BCUT2D eigenvalue weighted by Crippen LogP contribution is -2.33. The Balaban J connectivity index is 1.57. The van der Waals surface area contributed by atoms with Crippen LogP contribution in [0.5, 0.6) is 0 Å². The Morgan fingerprint density at radius 2 is 1.82 bits per heavy atom. The summed E-state index contributed by atoms with van der Waals surface area (Å²) in [6, 6.07) is 12.9. The molecule has 2 N–H and O–H groups in total. The van der Waals surface area contributed by atoms with Gasteiger partial charge in [0, 0.05) is 23.8 Å². The number of carbonyl (C=O) groups excluding carboxylic acids is 2. The molecule has 2 heterocycles. The predicted molar refractivity (Wildman–Crippen MR) is 108 cm³/mol. The van der Waals surface area contributed by atoms with Crippen molar-refractivity contribution in [3.05, 3.63) is 70.8 Å². The van der Waals surface area contributed by atoms with Gasteiger partial charge in [-0.1, -0.05) is 48.7 Å². The van der Waals surface area contributed by atoms with Crippen molar-refractivity contribution in [2.75, 3.05) is 0 Å². The summed E-state index contributed by atoms with van der Waals surface area (Å²) in [6.07, 6.45) is 5.97. The number of imidazole rings is 1. The number of fused-ring (bicyclic) bond motifs is 1. The van der Waals surface area contributed by atoms with Crippen molar-refractivity contribution in [3.63, 3.8) is 0 Å². The third-order valence-electron chi connectivity index (χ3n) is 5.05. The highest BCUT2D eigenvalue weighted by atomic mass is 35.5. The van der Waals surface area contributed by atoms with Crippen molar-refractivity contribution < 1.29 is 9.59 Å². The van der Waals surface area contributed by atoms with Crippen LogP contribution in [0, 0.1) is 0 Å². The smallest absolute Gasteiger partial charge is 0.287 e. The number of hydrogen-bond donors (Lipinski definition) is 2. The van der Waals surface area contributed by atoms with Crippen LogP contribution < -0.4 is 10.6 Å². The Kier molecular flexibility index (Phi) is 5.30. The Morgan fingerprint density at radius 1 is 1.07 bits per heavy atom. The number of rotatable bonds is 5. The molecule has 144 valence electrons. The zero-order valence-corrected chi connectivity index (χ0v) is 16.1. The molecular formula is C21H21ClN4O2. The number of halogens is 1. The van der Waals surface area contributed by atoms with Crippen molar-refractivity contribution in [1.82, 2.24) is 20.0 Å². The van der Waals surface area contributed by atoms with Gasteiger partial charge >= 0.3 is 0 Å². The van der Waals surface area contributed by atoms with Gasteiger partial charge in [-0.05, 0) is 36.6 Å². The fraction of sp³-hybridized carbons (Fsp3) is 0.286.